The van der Waals surface area contributed by atoms with Crippen LogP contribution in [0.15, 0.2) is 6.20 Å². The molecule has 0 aromatic carbocycles. The van der Waals surface area contributed by atoms with Crippen LogP contribution in [-0.4, -0.2) is 27.1 Å². The first-order valence-electron chi connectivity index (χ1n) is 4.15. The maximum Gasteiger partial charge on any atom is 0.305 e. The van der Waals surface area contributed by atoms with E-state index in [4.69, 9.17) is 28.3 Å². The summed E-state index contributed by atoms with van der Waals surface area (Å²) in [4.78, 5) is 17.9. The fraction of sp³-hybridized carbons (Fsp3) is 0.375. The molecule has 5 nitrogen and oxygen atoms in total. The van der Waals surface area contributed by atoms with Gasteiger partial charge in [-0.3, -0.25) is 4.79 Å². The van der Waals surface area contributed by atoms with Crippen molar-refractivity contribution in [3.05, 3.63) is 16.5 Å². The molecule has 0 aliphatic carbocycles. The van der Waals surface area contributed by atoms with E-state index in [9.17, 15) is 4.79 Å². The maximum absolute atomic E-state index is 10.4. The lowest BCUT2D eigenvalue weighted by atomic mass is 10.2. The van der Waals surface area contributed by atoms with Crippen molar-refractivity contribution in [2.75, 3.05) is 5.32 Å². The summed E-state index contributed by atoms with van der Waals surface area (Å²) in [5, 5.41) is 11.8. The van der Waals surface area contributed by atoms with E-state index >= 15 is 0 Å². The molecule has 0 amide bonds. The minimum atomic E-state index is -0.897. The summed E-state index contributed by atoms with van der Waals surface area (Å²) in [6, 6.07) is -0.286. The Morgan fingerprint density at radius 1 is 1.67 bits per heavy atom. The van der Waals surface area contributed by atoms with Crippen LogP contribution in [0.4, 0.5) is 5.82 Å². The van der Waals surface area contributed by atoms with Crippen LogP contribution in [0, 0.1) is 0 Å². The second-order valence-corrected chi connectivity index (χ2v) is 3.72. The van der Waals surface area contributed by atoms with E-state index in [1.54, 1.807) is 6.92 Å². The Morgan fingerprint density at radius 2 is 2.33 bits per heavy atom. The predicted molar refractivity (Wildman–Crippen MR) is 57.4 cm³/mol. The third kappa shape index (κ3) is 3.89. The van der Waals surface area contributed by atoms with Crippen LogP contribution < -0.4 is 5.32 Å². The number of anilines is 1. The molecule has 0 bridgehead atoms. The quantitative estimate of drug-likeness (QED) is 0.800. The number of hydrogen-bond acceptors (Lipinski definition) is 4. The fourth-order valence-electron chi connectivity index (χ4n) is 0.993. The summed E-state index contributed by atoms with van der Waals surface area (Å²) in [6.45, 7) is 1.71. The predicted octanol–water partition coefficient (Wildman–Crippen LogP) is 2.06. The summed E-state index contributed by atoms with van der Waals surface area (Å²) in [5.41, 5.74) is 0. The number of halogens is 2. The van der Waals surface area contributed by atoms with E-state index < -0.39 is 5.97 Å². The van der Waals surface area contributed by atoms with Crippen LogP contribution in [-0.2, 0) is 4.79 Å². The first kappa shape index (κ1) is 12.0. The Kier molecular flexibility index (Phi) is 4.11. The molecule has 0 radical (unpaired) electrons. The standard InChI is InChI=1S/C8H9Cl2N3O2/c1-4(2-6(14)15)12-7-5(9)3-11-8(10)13-7/h3-4H,2H2,1H3,(H,14,15)(H,11,12,13). The lowest BCUT2D eigenvalue weighted by Crippen LogP contribution is -2.20. The summed E-state index contributed by atoms with van der Waals surface area (Å²) < 4.78 is 0. The molecule has 1 atom stereocenters. The van der Waals surface area contributed by atoms with Gasteiger partial charge < -0.3 is 10.4 Å². The van der Waals surface area contributed by atoms with Gasteiger partial charge in [0.25, 0.3) is 0 Å². The highest BCUT2D eigenvalue weighted by molar-refractivity contribution is 6.33. The number of hydrogen-bond donors (Lipinski definition) is 2. The van der Waals surface area contributed by atoms with Crippen molar-refractivity contribution in [2.24, 2.45) is 0 Å². The molecule has 15 heavy (non-hydrogen) atoms. The van der Waals surface area contributed by atoms with Crippen molar-refractivity contribution < 1.29 is 9.90 Å². The van der Waals surface area contributed by atoms with Crippen LogP contribution in [0.1, 0.15) is 13.3 Å². The third-order valence-corrected chi connectivity index (χ3v) is 2.04. The molecule has 0 fully saturated rings. The molecule has 1 unspecified atom stereocenters. The van der Waals surface area contributed by atoms with Crippen LogP contribution >= 0.6 is 23.2 Å². The van der Waals surface area contributed by atoms with E-state index in [2.05, 4.69) is 15.3 Å². The van der Waals surface area contributed by atoms with Gasteiger partial charge in [-0.15, -0.1) is 0 Å². The molecule has 7 heteroatoms. The Morgan fingerprint density at radius 3 is 2.93 bits per heavy atom. The highest BCUT2D eigenvalue weighted by atomic mass is 35.5. The van der Waals surface area contributed by atoms with Crippen molar-refractivity contribution in [1.82, 2.24) is 9.97 Å². The summed E-state index contributed by atoms with van der Waals surface area (Å²) in [5.74, 6) is -0.559. The number of carbonyl (C=O) groups is 1. The Hall–Kier alpha value is -1.07. The Balaban J connectivity index is 2.71. The molecule has 0 saturated heterocycles. The monoisotopic (exact) mass is 249 g/mol. The van der Waals surface area contributed by atoms with Gasteiger partial charge >= 0.3 is 5.97 Å². The molecule has 2 N–H and O–H groups in total. The largest absolute Gasteiger partial charge is 0.481 e. The zero-order valence-electron chi connectivity index (χ0n) is 7.87. The number of carboxylic acid groups (broad SMARTS) is 1. The zero-order valence-corrected chi connectivity index (χ0v) is 9.38. The number of rotatable bonds is 4. The molecule has 0 aliphatic rings. The van der Waals surface area contributed by atoms with Gasteiger partial charge in [0.1, 0.15) is 10.8 Å². The van der Waals surface area contributed by atoms with Gasteiger partial charge in [0, 0.05) is 6.04 Å². The van der Waals surface area contributed by atoms with Crippen LogP contribution in [0.5, 0.6) is 0 Å². The van der Waals surface area contributed by atoms with Crippen molar-refractivity contribution >= 4 is 35.0 Å². The highest BCUT2D eigenvalue weighted by Gasteiger charge is 2.10. The number of aromatic nitrogens is 2. The van der Waals surface area contributed by atoms with E-state index in [0.29, 0.717) is 10.8 Å². The summed E-state index contributed by atoms with van der Waals surface area (Å²) in [7, 11) is 0. The van der Waals surface area contributed by atoms with Gasteiger partial charge in [-0.1, -0.05) is 11.6 Å². The first-order valence-corrected chi connectivity index (χ1v) is 4.91. The number of nitrogens with one attached hydrogen (secondary N) is 1. The van der Waals surface area contributed by atoms with E-state index in [-0.39, 0.29) is 17.7 Å². The van der Waals surface area contributed by atoms with Crippen molar-refractivity contribution in [3.8, 4) is 0 Å². The number of aliphatic carboxylic acids is 1. The van der Waals surface area contributed by atoms with Crippen LogP contribution in [0.2, 0.25) is 10.3 Å². The minimum Gasteiger partial charge on any atom is -0.481 e. The van der Waals surface area contributed by atoms with Gasteiger partial charge in [-0.05, 0) is 18.5 Å². The molecule has 1 rings (SSSR count). The van der Waals surface area contributed by atoms with Gasteiger partial charge in [0.05, 0.1) is 12.6 Å². The molecule has 1 heterocycles. The van der Waals surface area contributed by atoms with E-state index in [1.165, 1.54) is 6.20 Å². The van der Waals surface area contributed by atoms with Crippen molar-refractivity contribution in [1.29, 1.82) is 0 Å². The normalized spacial score (nSPS) is 12.2. The fourth-order valence-corrected chi connectivity index (χ4v) is 1.27. The van der Waals surface area contributed by atoms with Crippen LogP contribution in [0.25, 0.3) is 0 Å². The second kappa shape index (κ2) is 5.14. The molecule has 0 spiro atoms. The Labute approximate surface area is 96.4 Å². The Bertz CT molecular complexity index is 373. The molecule has 1 aromatic rings. The smallest absolute Gasteiger partial charge is 0.305 e. The van der Waals surface area contributed by atoms with E-state index in [1.807, 2.05) is 0 Å². The van der Waals surface area contributed by atoms with Gasteiger partial charge in [0.2, 0.25) is 5.28 Å². The molecule has 0 aliphatic heterocycles. The van der Waals surface area contributed by atoms with Crippen molar-refractivity contribution in [3.63, 3.8) is 0 Å². The second-order valence-electron chi connectivity index (χ2n) is 2.98. The maximum atomic E-state index is 10.4. The topological polar surface area (TPSA) is 75.1 Å². The van der Waals surface area contributed by atoms with Gasteiger partial charge in [-0.25, -0.2) is 4.98 Å². The van der Waals surface area contributed by atoms with Gasteiger partial charge in [0.15, 0.2) is 0 Å². The zero-order chi connectivity index (χ0) is 11.4. The number of nitrogens with zero attached hydrogens (tertiary/aromatic N) is 2. The number of carboxylic acids is 1. The summed E-state index contributed by atoms with van der Waals surface area (Å²) in [6.07, 6.45) is 1.32. The first-order chi connectivity index (χ1) is 6.99. The van der Waals surface area contributed by atoms with Crippen LogP contribution in [0.3, 0.4) is 0 Å². The summed E-state index contributed by atoms with van der Waals surface area (Å²) >= 11 is 11.4. The lowest BCUT2D eigenvalue weighted by molar-refractivity contribution is -0.137. The van der Waals surface area contributed by atoms with Gasteiger partial charge in [-0.2, -0.15) is 4.98 Å². The molecular formula is C8H9Cl2N3O2. The average Bonchev–Trinajstić information content (AvgIpc) is 2.10. The lowest BCUT2D eigenvalue weighted by Gasteiger charge is -2.12. The molecular weight excluding hydrogens is 241 g/mol. The molecule has 1 aromatic heterocycles. The minimum absolute atomic E-state index is 0.0298. The average molecular weight is 250 g/mol. The SMILES string of the molecule is CC(CC(=O)O)Nc1nc(Cl)ncc1Cl. The van der Waals surface area contributed by atoms with Crippen molar-refractivity contribution in [2.45, 2.75) is 19.4 Å². The molecule has 82 valence electrons. The van der Waals surface area contributed by atoms with E-state index in [0.717, 1.165) is 0 Å². The molecule has 0 saturated carbocycles. The third-order valence-electron chi connectivity index (χ3n) is 1.58. The highest BCUT2D eigenvalue weighted by Crippen LogP contribution is 2.20.